The molecule has 1 aliphatic rings. The van der Waals surface area contributed by atoms with E-state index in [9.17, 15) is 4.79 Å². The average molecular weight is 369 g/mol. The molecule has 27 heavy (non-hydrogen) atoms. The largest absolute Gasteiger partial charge is 0.497 e. The second kappa shape index (κ2) is 7.82. The molecule has 0 aliphatic carbocycles. The van der Waals surface area contributed by atoms with Gasteiger partial charge in [-0.25, -0.2) is 9.79 Å². The summed E-state index contributed by atoms with van der Waals surface area (Å²) in [5.41, 5.74) is 1.41. The van der Waals surface area contributed by atoms with Crippen LogP contribution in [0.3, 0.4) is 0 Å². The third kappa shape index (κ3) is 3.72. The first-order chi connectivity index (χ1) is 13.1. The number of ether oxygens (including phenoxy) is 5. The van der Waals surface area contributed by atoms with E-state index in [-0.39, 0.29) is 11.6 Å². The number of cyclic esters (lactones) is 1. The summed E-state index contributed by atoms with van der Waals surface area (Å²) in [6.07, 6.45) is 1.59. The number of carbonyl (C=O) groups excluding carboxylic acids is 1. The molecule has 2 aromatic rings. The van der Waals surface area contributed by atoms with E-state index in [1.165, 1.54) is 7.11 Å². The number of hydrogen-bond acceptors (Lipinski definition) is 7. The molecule has 1 heterocycles. The van der Waals surface area contributed by atoms with Crippen LogP contribution in [0.4, 0.5) is 0 Å². The van der Waals surface area contributed by atoms with Crippen molar-refractivity contribution >= 4 is 17.9 Å². The first-order valence-electron chi connectivity index (χ1n) is 8.06. The maximum Gasteiger partial charge on any atom is 0.363 e. The molecule has 0 atom stereocenters. The zero-order valence-corrected chi connectivity index (χ0v) is 15.4. The number of methoxy groups -OCH3 is 4. The Balaban J connectivity index is 1.98. The van der Waals surface area contributed by atoms with Gasteiger partial charge in [-0.05, 0) is 42.5 Å². The molecule has 0 bridgehead atoms. The van der Waals surface area contributed by atoms with Crippen LogP contribution in [0.1, 0.15) is 11.1 Å². The van der Waals surface area contributed by atoms with Crippen LogP contribution in [0.5, 0.6) is 23.0 Å². The van der Waals surface area contributed by atoms with Gasteiger partial charge >= 0.3 is 5.97 Å². The molecule has 0 unspecified atom stereocenters. The second-order valence-electron chi connectivity index (χ2n) is 5.51. The minimum atomic E-state index is -0.551. The van der Waals surface area contributed by atoms with Gasteiger partial charge in [0.15, 0.2) is 17.2 Å². The van der Waals surface area contributed by atoms with Crippen LogP contribution in [0, 0.1) is 0 Å². The fraction of sp³-hybridized carbons (Fsp3) is 0.200. The normalized spacial score (nSPS) is 14.6. The zero-order chi connectivity index (χ0) is 19.4. The van der Waals surface area contributed by atoms with Crippen LogP contribution in [0.25, 0.3) is 6.08 Å². The number of benzene rings is 2. The Labute approximate surface area is 156 Å². The Morgan fingerprint density at radius 1 is 0.852 bits per heavy atom. The highest BCUT2D eigenvalue weighted by atomic mass is 16.6. The minimum Gasteiger partial charge on any atom is -0.497 e. The molecule has 0 radical (unpaired) electrons. The Kier molecular flexibility index (Phi) is 5.30. The molecule has 0 spiro atoms. The Morgan fingerprint density at radius 2 is 1.56 bits per heavy atom. The maximum atomic E-state index is 12.3. The van der Waals surface area contributed by atoms with Crippen molar-refractivity contribution in [2.24, 2.45) is 4.99 Å². The maximum absolute atomic E-state index is 12.3. The van der Waals surface area contributed by atoms with E-state index in [4.69, 9.17) is 23.7 Å². The fourth-order valence-corrected chi connectivity index (χ4v) is 2.60. The van der Waals surface area contributed by atoms with Gasteiger partial charge < -0.3 is 23.7 Å². The van der Waals surface area contributed by atoms with Crippen molar-refractivity contribution in [2.45, 2.75) is 0 Å². The van der Waals surface area contributed by atoms with Crippen molar-refractivity contribution in [2.75, 3.05) is 28.4 Å². The minimum absolute atomic E-state index is 0.159. The van der Waals surface area contributed by atoms with Gasteiger partial charge in [-0.3, -0.25) is 0 Å². The Bertz CT molecular complexity index is 932. The van der Waals surface area contributed by atoms with Crippen LogP contribution in [0.15, 0.2) is 47.1 Å². The molecule has 2 aromatic carbocycles. The summed E-state index contributed by atoms with van der Waals surface area (Å²) in [5.74, 6) is 1.95. The number of nitrogens with zero attached hydrogens (tertiary/aromatic N) is 1. The number of esters is 1. The lowest BCUT2D eigenvalue weighted by atomic mass is 10.1. The number of hydrogen-bond donors (Lipinski definition) is 0. The van der Waals surface area contributed by atoms with Crippen LogP contribution in [0.2, 0.25) is 0 Å². The SMILES string of the molecule is COc1ccc(OC)c(C=C2N=C(c3ccc(OC)c(OC)c3)OC2=O)c1. The third-order valence-corrected chi connectivity index (χ3v) is 3.98. The lowest BCUT2D eigenvalue weighted by Gasteiger charge is -2.08. The lowest BCUT2D eigenvalue weighted by Crippen LogP contribution is -2.06. The highest BCUT2D eigenvalue weighted by Crippen LogP contribution is 2.31. The predicted octanol–water partition coefficient (Wildman–Crippen LogP) is 3.07. The van der Waals surface area contributed by atoms with E-state index in [1.807, 2.05) is 0 Å². The zero-order valence-electron chi connectivity index (χ0n) is 15.4. The van der Waals surface area contributed by atoms with Crippen molar-refractivity contribution < 1.29 is 28.5 Å². The van der Waals surface area contributed by atoms with Gasteiger partial charge in [0.05, 0.1) is 28.4 Å². The summed E-state index contributed by atoms with van der Waals surface area (Å²) in [6.45, 7) is 0. The average Bonchev–Trinajstić information content (AvgIpc) is 3.07. The molecule has 7 nitrogen and oxygen atoms in total. The van der Waals surface area contributed by atoms with Crippen molar-refractivity contribution in [3.63, 3.8) is 0 Å². The van der Waals surface area contributed by atoms with Gasteiger partial charge in [0.2, 0.25) is 5.90 Å². The third-order valence-electron chi connectivity index (χ3n) is 3.98. The van der Waals surface area contributed by atoms with Crippen LogP contribution >= 0.6 is 0 Å². The first kappa shape index (κ1) is 18.3. The van der Waals surface area contributed by atoms with Gasteiger partial charge in [0, 0.05) is 11.1 Å². The number of aliphatic imine (C=N–C) groups is 1. The van der Waals surface area contributed by atoms with E-state index in [1.54, 1.807) is 63.8 Å². The molecular weight excluding hydrogens is 350 g/mol. The molecule has 3 rings (SSSR count). The molecule has 7 heteroatoms. The number of carbonyl (C=O) groups is 1. The van der Waals surface area contributed by atoms with Crippen LogP contribution in [-0.4, -0.2) is 40.3 Å². The summed E-state index contributed by atoms with van der Waals surface area (Å²) in [5, 5.41) is 0. The predicted molar refractivity (Wildman–Crippen MR) is 99.7 cm³/mol. The highest BCUT2D eigenvalue weighted by Gasteiger charge is 2.25. The quantitative estimate of drug-likeness (QED) is 0.575. The smallest absolute Gasteiger partial charge is 0.363 e. The number of rotatable bonds is 6. The van der Waals surface area contributed by atoms with Crippen molar-refractivity contribution in [1.82, 2.24) is 0 Å². The Morgan fingerprint density at radius 3 is 2.22 bits per heavy atom. The molecule has 140 valence electrons. The topological polar surface area (TPSA) is 75.6 Å². The first-order valence-corrected chi connectivity index (χ1v) is 8.06. The van der Waals surface area contributed by atoms with E-state index in [0.29, 0.717) is 34.1 Å². The van der Waals surface area contributed by atoms with Gasteiger partial charge in [-0.15, -0.1) is 0 Å². The summed E-state index contributed by atoms with van der Waals surface area (Å²) in [4.78, 5) is 16.6. The molecule has 0 saturated carbocycles. The molecule has 0 saturated heterocycles. The summed E-state index contributed by atoms with van der Waals surface area (Å²) < 4.78 is 26.3. The summed E-state index contributed by atoms with van der Waals surface area (Å²) in [6, 6.07) is 10.4. The second-order valence-corrected chi connectivity index (χ2v) is 5.51. The van der Waals surface area contributed by atoms with Crippen LogP contribution < -0.4 is 18.9 Å². The van der Waals surface area contributed by atoms with E-state index in [0.717, 1.165) is 0 Å². The molecular formula is C20H19NO6. The Hall–Kier alpha value is -3.48. The van der Waals surface area contributed by atoms with E-state index in [2.05, 4.69) is 4.99 Å². The molecule has 1 aliphatic heterocycles. The van der Waals surface area contributed by atoms with E-state index < -0.39 is 5.97 Å². The molecule has 0 aromatic heterocycles. The van der Waals surface area contributed by atoms with Gasteiger partial charge in [-0.2, -0.15) is 0 Å². The van der Waals surface area contributed by atoms with Crippen molar-refractivity contribution in [3.05, 3.63) is 53.2 Å². The van der Waals surface area contributed by atoms with Gasteiger partial charge in [0.25, 0.3) is 0 Å². The van der Waals surface area contributed by atoms with Gasteiger partial charge in [0.1, 0.15) is 11.5 Å². The summed E-state index contributed by atoms with van der Waals surface area (Å²) >= 11 is 0. The lowest BCUT2D eigenvalue weighted by molar-refractivity contribution is -0.129. The van der Waals surface area contributed by atoms with Crippen LogP contribution in [-0.2, 0) is 9.53 Å². The van der Waals surface area contributed by atoms with E-state index >= 15 is 0 Å². The molecule has 0 N–H and O–H groups in total. The monoisotopic (exact) mass is 369 g/mol. The summed E-state index contributed by atoms with van der Waals surface area (Å²) in [7, 11) is 6.20. The standard InChI is InChI=1S/C20H19NO6/c1-23-14-6-8-16(24-2)13(9-14)10-15-20(22)27-19(21-15)12-5-7-17(25-3)18(11-12)26-4/h5-11H,1-4H3. The highest BCUT2D eigenvalue weighted by molar-refractivity contribution is 6.13. The molecule has 0 fully saturated rings. The fourth-order valence-electron chi connectivity index (χ4n) is 2.60. The molecule has 0 amide bonds. The van der Waals surface area contributed by atoms with Crippen molar-refractivity contribution in [3.8, 4) is 23.0 Å². The van der Waals surface area contributed by atoms with Gasteiger partial charge in [-0.1, -0.05) is 0 Å². The van der Waals surface area contributed by atoms with Crippen molar-refractivity contribution in [1.29, 1.82) is 0 Å².